The fourth-order valence-corrected chi connectivity index (χ4v) is 3.77. The number of piperazine rings is 1. The summed E-state index contributed by atoms with van der Waals surface area (Å²) >= 11 is 0. The molecule has 1 atom stereocenters. The van der Waals surface area contributed by atoms with Crippen molar-refractivity contribution in [1.82, 2.24) is 24.6 Å². The summed E-state index contributed by atoms with van der Waals surface area (Å²) in [5.41, 5.74) is 3.45. The number of aryl methyl sites for hydroxylation is 2. The smallest absolute Gasteiger partial charge is 0.159 e. The van der Waals surface area contributed by atoms with Crippen molar-refractivity contribution in [3.63, 3.8) is 0 Å². The molecule has 0 amide bonds. The van der Waals surface area contributed by atoms with Crippen molar-refractivity contribution in [3.05, 3.63) is 65.7 Å². The highest BCUT2D eigenvalue weighted by Gasteiger charge is 2.23. The van der Waals surface area contributed by atoms with Gasteiger partial charge in [0, 0.05) is 44.0 Å². The van der Waals surface area contributed by atoms with Crippen LogP contribution in [-0.4, -0.2) is 50.8 Å². The van der Waals surface area contributed by atoms with Gasteiger partial charge in [-0.2, -0.15) is 5.10 Å². The number of nitrogens with zero attached hydrogens (tertiary/aromatic N) is 6. The molecular formula is C21H26N6. The lowest BCUT2D eigenvalue weighted by Gasteiger charge is -2.38. The van der Waals surface area contributed by atoms with Gasteiger partial charge >= 0.3 is 0 Å². The van der Waals surface area contributed by atoms with Crippen LogP contribution in [0.25, 0.3) is 5.82 Å². The van der Waals surface area contributed by atoms with Crippen LogP contribution in [0.15, 0.2) is 48.8 Å². The molecule has 1 fully saturated rings. The van der Waals surface area contributed by atoms with Gasteiger partial charge in [0.05, 0.1) is 5.69 Å². The largest absolute Gasteiger partial charge is 0.354 e. The minimum atomic E-state index is 0.434. The average molecular weight is 362 g/mol. The second kappa shape index (κ2) is 7.48. The van der Waals surface area contributed by atoms with Crippen molar-refractivity contribution >= 4 is 5.82 Å². The minimum Gasteiger partial charge on any atom is -0.354 e. The highest BCUT2D eigenvalue weighted by atomic mass is 15.3. The lowest BCUT2D eigenvalue weighted by atomic mass is 10.1. The van der Waals surface area contributed by atoms with Gasteiger partial charge in [-0.05, 0) is 32.4 Å². The van der Waals surface area contributed by atoms with Crippen molar-refractivity contribution < 1.29 is 0 Å². The van der Waals surface area contributed by atoms with Crippen molar-refractivity contribution in [1.29, 1.82) is 0 Å². The first-order valence-corrected chi connectivity index (χ1v) is 9.51. The average Bonchev–Trinajstić information content (AvgIpc) is 3.06. The Morgan fingerprint density at radius 2 is 1.59 bits per heavy atom. The van der Waals surface area contributed by atoms with E-state index < -0.39 is 0 Å². The molecule has 1 aliphatic rings. The molecule has 1 saturated heterocycles. The lowest BCUT2D eigenvalue weighted by Crippen LogP contribution is -2.47. The van der Waals surface area contributed by atoms with E-state index in [2.05, 4.69) is 68.2 Å². The van der Waals surface area contributed by atoms with E-state index in [-0.39, 0.29) is 0 Å². The van der Waals surface area contributed by atoms with Crippen LogP contribution in [0.5, 0.6) is 0 Å². The van der Waals surface area contributed by atoms with Crippen LogP contribution in [-0.2, 0) is 0 Å². The van der Waals surface area contributed by atoms with E-state index in [0.717, 1.165) is 49.2 Å². The van der Waals surface area contributed by atoms with E-state index in [0.29, 0.717) is 6.04 Å². The van der Waals surface area contributed by atoms with Gasteiger partial charge in [0.25, 0.3) is 0 Å². The number of rotatable bonds is 4. The molecule has 1 aromatic carbocycles. The van der Waals surface area contributed by atoms with Gasteiger partial charge in [-0.3, -0.25) is 4.90 Å². The van der Waals surface area contributed by atoms with Gasteiger partial charge in [-0.25, -0.2) is 14.6 Å². The molecule has 140 valence electrons. The number of benzene rings is 1. The van der Waals surface area contributed by atoms with Crippen LogP contribution >= 0.6 is 0 Å². The highest BCUT2D eigenvalue weighted by molar-refractivity contribution is 5.44. The van der Waals surface area contributed by atoms with E-state index in [1.54, 1.807) is 6.33 Å². The standard InChI is InChI=1S/C21H26N6/c1-16-13-17(2)27(24-16)21-14-20(22-15-23-21)26-11-9-25(10-12-26)18(3)19-7-5-4-6-8-19/h4-8,13-15,18H,9-12H2,1-3H3. The molecule has 3 aromatic rings. The summed E-state index contributed by atoms with van der Waals surface area (Å²) in [4.78, 5) is 13.8. The van der Waals surface area contributed by atoms with E-state index >= 15 is 0 Å². The summed E-state index contributed by atoms with van der Waals surface area (Å²) in [5.74, 6) is 1.80. The predicted octanol–water partition coefficient (Wildman–Crippen LogP) is 3.16. The van der Waals surface area contributed by atoms with Crippen LogP contribution in [0.3, 0.4) is 0 Å². The predicted molar refractivity (Wildman–Crippen MR) is 107 cm³/mol. The number of hydrogen-bond donors (Lipinski definition) is 0. The third-order valence-electron chi connectivity index (χ3n) is 5.33. The van der Waals surface area contributed by atoms with E-state index in [1.165, 1.54) is 5.56 Å². The normalized spacial score (nSPS) is 16.5. The van der Waals surface area contributed by atoms with Crippen LogP contribution in [0.2, 0.25) is 0 Å². The Balaban J connectivity index is 1.46. The van der Waals surface area contributed by atoms with E-state index in [9.17, 15) is 0 Å². The first kappa shape index (κ1) is 17.7. The topological polar surface area (TPSA) is 50.1 Å². The molecule has 6 heteroatoms. The number of aromatic nitrogens is 4. The van der Waals surface area contributed by atoms with Crippen LogP contribution in [0, 0.1) is 13.8 Å². The zero-order valence-electron chi connectivity index (χ0n) is 16.2. The molecule has 1 unspecified atom stereocenters. The van der Waals surface area contributed by atoms with E-state index in [4.69, 9.17) is 0 Å². The monoisotopic (exact) mass is 362 g/mol. The molecule has 0 spiro atoms. The number of anilines is 1. The fraction of sp³-hybridized carbons (Fsp3) is 0.381. The summed E-state index contributed by atoms with van der Waals surface area (Å²) in [5, 5.41) is 4.54. The molecule has 27 heavy (non-hydrogen) atoms. The molecule has 6 nitrogen and oxygen atoms in total. The van der Waals surface area contributed by atoms with Gasteiger partial charge in [0.2, 0.25) is 0 Å². The van der Waals surface area contributed by atoms with Crippen molar-refractivity contribution in [2.24, 2.45) is 0 Å². The molecule has 0 N–H and O–H groups in total. The maximum absolute atomic E-state index is 4.54. The molecule has 3 heterocycles. The summed E-state index contributed by atoms with van der Waals surface area (Å²) < 4.78 is 1.88. The Hall–Kier alpha value is -2.73. The quantitative estimate of drug-likeness (QED) is 0.714. The van der Waals surface area contributed by atoms with Crippen molar-refractivity contribution in [2.75, 3.05) is 31.1 Å². The minimum absolute atomic E-state index is 0.434. The van der Waals surface area contributed by atoms with Crippen LogP contribution < -0.4 is 4.90 Å². The van der Waals surface area contributed by atoms with Gasteiger partial charge < -0.3 is 4.90 Å². The molecule has 4 rings (SSSR count). The molecule has 0 bridgehead atoms. The van der Waals surface area contributed by atoms with Gasteiger partial charge in [0.15, 0.2) is 5.82 Å². The molecule has 2 aromatic heterocycles. The molecule has 0 aliphatic carbocycles. The first-order chi connectivity index (χ1) is 13.1. The van der Waals surface area contributed by atoms with Crippen LogP contribution in [0.4, 0.5) is 5.82 Å². The zero-order valence-corrected chi connectivity index (χ0v) is 16.2. The van der Waals surface area contributed by atoms with Crippen molar-refractivity contribution in [3.8, 4) is 5.82 Å². The second-order valence-corrected chi connectivity index (χ2v) is 7.18. The Morgan fingerprint density at radius 3 is 2.26 bits per heavy atom. The molecule has 0 radical (unpaired) electrons. The third kappa shape index (κ3) is 3.71. The fourth-order valence-electron chi connectivity index (χ4n) is 3.77. The zero-order chi connectivity index (χ0) is 18.8. The summed E-state index contributed by atoms with van der Waals surface area (Å²) in [6, 6.07) is 15.3. The first-order valence-electron chi connectivity index (χ1n) is 9.51. The Bertz CT molecular complexity index is 896. The van der Waals surface area contributed by atoms with Crippen molar-refractivity contribution in [2.45, 2.75) is 26.8 Å². The van der Waals surface area contributed by atoms with Crippen LogP contribution in [0.1, 0.15) is 29.9 Å². The maximum atomic E-state index is 4.54. The number of hydrogen-bond acceptors (Lipinski definition) is 5. The SMILES string of the molecule is Cc1cc(C)n(-c2cc(N3CCN(C(C)c4ccccc4)CC3)ncn2)n1. The van der Waals surface area contributed by atoms with Gasteiger partial charge in [-0.15, -0.1) is 0 Å². The Labute approximate surface area is 160 Å². The van der Waals surface area contributed by atoms with Gasteiger partial charge in [-0.1, -0.05) is 30.3 Å². The van der Waals surface area contributed by atoms with Gasteiger partial charge in [0.1, 0.15) is 12.1 Å². The Morgan fingerprint density at radius 1 is 0.889 bits per heavy atom. The summed E-state index contributed by atoms with van der Waals surface area (Å²) in [7, 11) is 0. The summed E-state index contributed by atoms with van der Waals surface area (Å²) in [6.45, 7) is 10.3. The second-order valence-electron chi connectivity index (χ2n) is 7.18. The molecule has 1 aliphatic heterocycles. The maximum Gasteiger partial charge on any atom is 0.159 e. The molecule has 0 saturated carbocycles. The lowest BCUT2D eigenvalue weighted by molar-refractivity contribution is 0.198. The highest BCUT2D eigenvalue weighted by Crippen LogP contribution is 2.23. The van der Waals surface area contributed by atoms with E-state index in [1.807, 2.05) is 24.6 Å². The molecular weight excluding hydrogens is 336 g/mol. The third-order valence-corrected chi connectivity index (χ3v) is 5.33. The summed E-state index contributed by atoms with van der Waals surface area (Å²) in [6.07, 6.45) is 1.64. The Kier molecular flexibility index (Phi) is 4.90.